The van der Waals surface area contributed by atoms with E-state index in [1.807, 2.05) is 0 Å². The molecule has 0 saturated heterocycles. The minimum Gasteiger partial charge on any atom is -0.462 e. The fourth-order valence-electron chi connectivity index (χ4n) is 3.56. The van der Waals surface area contributed by atoms with E-state index in [1.165, 1.54) is 18.3 Å². The standard InChI is InChI=1S/C28H24BrN3O6S/c1-2-37-28(34)21-13-11-20(12-14-21)26-16-15-24(38-26)18-30-31-27(33)19-32(23-8-6-7-22(29)17-23)39(35,36)25-9-4-3-5-10-25/h3-18H,2,19H2,1H3,(H,31,33)/b30-18-. The summed E-state index contributed by atoms with van der Waals surface area (Å²) in [4.78, 5) is 24.6. The number of nitrogens with zero attached hydrogens (tertiary/aromatic N) is 2. The van der Waals surface area contributed by atoms with E-state index >= 15 is 0 Å². The van der Waals surface area contributed by atoms with Crippen molar-refractivity contribution in [2.45, 2.75) is 11.8 Å². The Balaban J connectivity index is 1.44. The van der Waals surface area contributed by atoms with E-state index in [2.05, 4.69) is 26.5 Å². The highest BCUT2D eigenvalue weighted by Crippen LogP contribution is 2.26. The number of benzene rings is 3. The molecular weight excluding hydrogens is 586 g/mol. The monoisotopic (exact) mass is 609 g/mol. The second kappa shape index (κ2) is 12.5. The molecule has 1 N–H and O–H groups in total. The second-order valence-corrected chi connectivity index (χ2v) is 10.9. The minimum atomic E-state index is -4.03. The Kier molecular flexibility index (Phi) is 8.95. The minimum absolute atomic E-state index is 0.0553. The molecule has 4 rings (SSSR count). The van der Waals surface area contributed by atoms with Crippen molar-refractivity contribution in [2.24, 2.45) is 5.10 Å². The summed E-state index contributed by atoms with van der Waals surface area (Å²) in [7, 11) is -4.03. The Labute approximate surface area is 234 Å². The number of hydrazone groups is 1. The van der Waals surface area contributed by atoms with E-state index in [0.29, 0.717) is 33.9 Å². The van der Waals surface area contributed by atoms with Crippen LogP contribution in [0.2, 0.25) is 0 Å². The zero-order valence-corrected chi connectivity index (χ0v) is 23.2. The van der Waals surface area contributed by atoms with Gasteiger partial charge in [-0.05, 0) is 61.5 Å². The van der Waals surface area contributed by atoms with Crippen LogP contribution in [0.5, 0.6) is 0 Å². The zero-order valence-electron chi connectivity index (χ0n) is 20.8. The number of nitrogens with one attached hydrogen (secondary N) is 1. The zero-order chi connectivity index (χ0) is 27.8. The number of hydrogen-bond donors (Lipinski definition) is 1. The summed E-state index contributed by atoms with van der Waals surface area (Å²) in [6.07, 6.45) is 1.31. The SMILES string of the molecule is CCOC(=O)c1ccc(-c2ccc(/C=N\NC(=O)CN(c3cccc(Br)c3)S(=O)(=O)c3ccccc3)o2)cc1. The molecule has 0 fully saturated rings. The van der Waals surface area contributed by atoms with Crippen LogP contribution in [0.15, 0.2) is 110 Å². The lowest BCUT2D eigenvalue weighted by Gasteiger charge is -2.23. The summed E-state index contributed by atoms with van der Waals surface area (Å²) in [5.41, 5.74) is 3.84. The molecule has 11 heteroatoms. The van der Waals surface area contributed by atoms with E-state index in [9.17, 15) is 18.0 Å². The Morgan fingerprint density at radius 3 is 2.44 bits per heavy atom. The maximum Gasteiger partial charge on any atom is 0.338 e. The van der Waals surface area contributed by atoms with Crippen LogP contribution in [-0.2, 0) is 19.6 Å². The lowest BCUT2D eigenvalue weighted by molar-refractivity contribution is -0.119. The van der Waals surface area contributed by atoms with E-state index in [4.69, 9.17) is 9.15 Å². The number of carbonyl (C=O) groups is 2. The Morgan fingerprint density at radius 2 is 1.74 bits per heavy atom. The average molecular weight is 610 g/mol. The average Bonchev–Trinajstić information content (AvgIpc) is 3.41. The van der Waals surface area contributed by atoms with Crippen LogP contribution >= 0.6 is 15.9 Å². The third-order valence-corrected chi connectivity index (χ3v) is 7.68. The van der Waals surface area contributed by atoms with Crippen molar-refractivity contribution in [3.8, 4) is 11.3 Å². The van der Waals surface area contributed by atoms with Crippen LogP contribution in [0.3, 0.4) is 0 Å². The fourth-order valence-corrected chi connectivity index (χ4v) is 5.38. The molecule has 0 aliphatic heterocycles. The molecule has 1 heterocycles. The van der Waals surface area contributed by atoms with Crippen LogP contribution in [0, 0.1) is 0 Å². The molecule has 0 spiro atoms. The topological polar surface area (TPSA) is 118 Å². The molecule has 0 aliphatic rings. The molecule has 3 aromatic carbocycles. The van der Waals surface area contributed by atoms with Crippen molar-refractivity contribution in [3.05, 3.63) is 107 Å². The largest absolute Gasteiger partial charge is 0.462 e. The van der Waals surface area contributed by atoms with Gasteiger partial charge >= 0.3 is 5.97 Å². The molecular formula is C28H24BrN3O6S. The molecule has 1 aromatic heterocycles. The third-order valence-electron chi connectivity index (χ3n) is 5.40. The van der Waals surface area contributed by atoms with E-state index in [-0.39, 0.29) is 4.90 Å². The Bertz CT molecular complexity index is 1590. The number of rotatable bonds is 10. The van der Waals surface area contributed by atoms with Crippen molar-refractivity contribution in [1.82, 2.24) is 5.43 Å². The van der Waals surface area contributed by atoms with E-state index in [0.717, 1.165) is 9.87 Å². The van der Waals surface area contributed by atoms with E-state index in [1.54, 1.807) is 85.8 Å². The van der Waals surface area contributed by atoms with E-state index < -0.39 is 28.4 Å². The van der Waals surface area contributed by atoms with Gasteiger partial charge < -0.3 is 9.15 Å². The lowest BCUT2D eigenvalue weighted by atomic mass is 10.1. The molecule has 0 saturated carbocycles. The van der Waals surface area contributed by atoms with Gasteiger partial charge in [-0.1, -0.05) is 52.3 Å². The number of sulfonamides is 1. The van der Waals surface area contributed by atoms with Gasteiger partial charge in [-0.2, -0.15) is 5.10 Å². The number of carbonyl (C=O) groups excluding carboxylic acids is 2. The summed E-state index contributed by atoms with van der Waals surface area (Å²) in [5.74, 6) is -0.150. The molecule has 9 nitrogen and oxygen atoms in total. The van der Waals surface area contributed by atoms with Gasteiger partial charge in [0.2, 0.25) is 0 Å². The van der Waals surface area contributed by atoms with Crippen molar-refractivity contribution in [1.29, 1.82) is 0 Å². The normalized spacial score (nSPS) is 11.3. The van der Waals surface area contributed by atoms with Crippen molar-refractivity contribution < 1.29 is 27.2 Å². The first-order valence-electron chi connectivity index (χ1n) is 11.8. The molecule has 0 aliphatic carbocycles. The highest BCUT2D eigenvalue weighted by Gasteiger charge is 2.27. The summed E-state index contributed by atoms with van der Waals surface area (Å²) in [6, 6.07) is 24.7. The number of amides is 1. The molecule has 0 bridgehead atoms. The van der Waals surface area contributed by atoms with Gasteiger partial charge in [-0.3, -0.25) is 9.10 Å². The Hall–Kier alpha value is -4.22. The van der Waals surface area contributed by atoms with Crippen LogP contribution in [-0.4, -0.2) is 39.7 Å². The first-order valence-corrected chi connectivity index (χ1v) is 14.0. The van der Waals surface area contributed by atoms with Gasteiger partial charge in [0.1, 0.15) is 18.1 Å². The smallest absolute Gasteiger partial charge is 0.338 e. The summed E-state index contributed by atoms with van der Waals surface area (Å²) in [5, 5.41) is 3.92. The summed E-state index contributed by atoms with van der Waals surface area (Å²) < 4.78 is 39.1. The third kappa shape index (κ3) is 7.01. The first kappa shape index (κ1) is 27.8. The molecule has 0 atom stereocenters. The molecule has 0 radical (unpaired) electrons. The van der Waals surface area contributed by atoms with Crippen molar-refractivity contribution in [3.63, 3.8) is 0 Å². The number of furan rings is 1. The maximum absolute atomic E-state index is 13.4. The second-order valence-electron chi connectivity index (χ2n) is 8.10. The number of ether oxygens (including phenoxy) is 1. The number of anilines is 1. The molecule has 39 heavy (non-hydrogen) atoms. The molecule has 200 valence electrons. The Morgan fingerprint density at radius 1 is 1.00 bits per heavy atom. The summed E-state index contributed by atoms with van der Waals surface area (Å²) >= 11 is 3.35. The number of esters is 1. The molecule has 0 unspecified atom stereocenters. The van der Waals surface area contributed by atoms with Gasteiger partial charge in [0, 0.05) is 10.0 Å². The molecule has 1 amide bonds. The number of halogens is 1. The van der Waals surface area contributed by atoms with Gasteiger partial charge in [-0.25, -0.2) is 18.6 Å². The van der Waals surface area contributed by atoms with Crippen LogP contribution in [0.1, 0.15) is 23.0 Å². The highest BCUT2D eigenvalue weighted by atomic mass is 79.9. The first-order chi connectivity index (χ1) is 18.8. The van der Waals surface area contributed by atoms with Crippen molar-refractivity contribution >= 4 is 49.7 Å². The summed E-state index contributed by atoms with van der Waals surface area (Å²) in [6.45, 7) is 1.54. The van der Waals surface area contributed by atoms with Crippen molar-refractivity contribution in [2.75, 3.05) is 17.5 Å². The predicted molar refractivity (Wildman–Crippen MR) is 151 cm³/mol. The number of hydrogen-bond acceptors (Lipinski definition) is 7. The predicted octanol–water partition coefficient (Wildman–Crippen LogP) is 5.23. The fraction of sp³-hybridized carbons (Fsp3) is 0.107. The van der Waals surface area contributed by atoms with Crippen LogP contribution < -0.4 is 9.73 Å². The highest BCUT2D eigenvalue weighted by molar-refractivity contribution is 9.10. The van der Waals surface area contributed by atoms with Gasteiger partial charge in [0.25, 0.3) is 15.9 Å². The van der Waals surface area contributed by atoms with Crippen LogP contribution in [0.4, 0.5) is 5.69 Å². The quantitative estimate of drug-likeness (QED) is 0.149. The van der Waals surface area contributed by atoms with Crippen LogP contribution in [0.25, 0.3) is 11.3 Å². The van der Waals surface area contributed by atoms with Gasteiger partial charge in [-0.15, -0.1) is 0 Å². The molecule has 4 aromatic rings. The maximum atomic E-state index is 13.4. The lowest BCUT2D eigenvalue weighted by Crippen LogP contribution is -2.39. The van der Waals surface area contributed by atoms with Gasteiger partial charge in [0.15, 0.2) is 0 Å². The van der Waals surface area contributed by atoms with Gasteiger partial charge in [0.05, 0.1) is 29.0 Å².